The van der Waals surface area contributed by atoms with Crippen molar-refractivity contribution in [1.29, 1.82) is 0 Å². The lowest BCUT2D eigenvalue weighted by Gasteiger charge is -2.21. The predicted molar refractivity (Wildman–Crippen MR) is 114 cm³/mol. The van der Waals surface area contributed by atoms with Crippen LogP contribution in [0.15, 0.2) is 59.5 Å². The van der Waals surface area contributed by atoms with Crippen LogP contribution in [0.4, 0.5) is 5.69 Å². The third-order valence-corrected chi connectivity index (χ3v) is 5.95. The Bertz CT molecular complexity index is 1030. The molecule has 1 atom stereocenters. The molecule has 2 aromatic carbocycles. The van der Waals surface area contributed by atoms with Crippen molar-refractivity contribution in [3.8, 4) is 0 Å². The van der Waals surface area contributed by atoms with Gasteiger partial charge >= 0.3 is 0 Å². The van der Waals surface area contributed by atoms with Crippen LogP contribution in [-0.2, 0) is 14.4 Å². The summed E-state index contributed by atoms with van der Waals surface area (Å²) in [5.74, 6) is -1.09. The van der Waals surface area contributed by atoms with E-state index in [0.29, 0.717) is 14.9 Å². The van der Waals surface area contributed by atoms with E-state index in [1.54, 1.807) is 24.3 Å². The third-order valence-electron chi connectivity index (χ3n) is 4.62. The first-order chi connectivity index (χ1) is 13.5. The second-order valence-electron chi connectivity index (χ2n) is 6.59. The first kappa shape index (κ1) is 18.6. The second-order valence-corrected chi connectivity index (χ2v) is 8.26. The first-order valence-electron chi connectivity index (χ1n) is 8.71. The molecular formula is C21H16N2O3S2. The lowest BCUT2D eigenvalue weighted by atomic mass is 10.2. The molecule has 2 saturated heterocycles. The molecule has 5 nitrogen and oxygen atoms in total. The van der Waals surface area contributed by atoms with E-state index in [4.69, 9.17) is 12.2 Å². The van der Waals surface area contributed by atoms with Crippen molar-refractivity contribution in [3.63, 3.8) is 0 Å². The van der Waals surface area contributed by atoms with Crippen LogP contribution in [0.25, 0.3) is 6.08 Å². The molecule has 2 aliphatic heterocycles. The largest absolute Gasteiger partial charge is 0.280 e. The summed E-state index contributed by atoms with van der Waals surface area (Å²) in [6.07, 6.45) is 1.68. The SMILES string of the molecule is Cc1cccc(N2C(=O)CC(N3C(=O)/C(=C/c4ccccc4)SC3=S)C2=O)c1. The van der Waals surface area contributed by atoms with Gasteiger partial charge < -0.3 is 0 Å². The van der Waals surface area contributed by atoms with Crippen LogP contribution in [0.3, 0.4) is 0 Å². The Balaban J connectivity index is 1.62. The van der Waals surface area contributed by atoms with Gasteiger partial charge in [0.1, 0.15) is 10.4 Å². The summed E-state index contributed by atoms with van der Waals surface area (Å²) in [4.78, 5) is 41.4. The average Bonchev–Trinajstić information content (AvgIpc) is 3.10. The van der Waals surface area contributed by atoms with E-state index in [1.165, 1.54) is 4.90 Å². The lowest BCUT2D eigenvalue weighted by Crippen LogP contribution is -2.44. The third kappa shape index (κ3) is 3.27. The number of thiocarbonyl (C=S) groups is 1. The highest BCUT2D eigenvalue weighted by atomic mass is 32.2. The number of hydrogen-bond acceptors (Lipinski definition) is 5. The number of benzene rings is 2. The lowest BCUT2D eigenvalue weighted by molar-refractivity contribution is -0.129. The highest BCUT2D eigenvalue weighted by Gasteiger charge is 2.48. The highest BCUT2D eigenvalue weighted by molar-refractivity contribution is 8.26. The number of carbonyl (C=O) groups excluding carboxylic acids is 3. The van der Waals surface area contributed by atoms with Gasteiger partial charge in [-0.25, -0.2) is 4.90 Å². The summed E-state index contributed by atoms with van der Waals surface area (Å²) < 4.78 is 0.296. The summed E-state index contributed by atoms with van der Waals surface area (Å²) in [5, 5.41) is 0. The van der Waals surface area contributed by atoms with Crippen molar-refractivity contribution in [2.24, 2.45) is 0 Å². The summed E-state index contributed by atoms with van der Waals surface area (Å²) in [7, 11) is 0. The summed E-state index contributed by atoms with van der Waals surface area (Å²) in [5.41, 5.74) is 2.33. The summed E-state index contributed by atoms with van der Waals surface area (Å²) in [6.45, 7) is 1.89. The Morgan fingerprint density at radius 2 is 1.82 bits per heavy atom. The van der Waals surface area contributed by atoms with Crippen molar-refractivity contribution < 1.29 is 14.4 Å². The maximum absolute atomic E-state index is 13.0. The molecule has 28 heavy (non-hydrogen) atoms. The molecule has 2 fully saturated rings. The zero-order valence-electron chi connectivity index (χ0n) is 15.0. The first-order valence-corrected chi connectivity index (χ1v) is 9.94. The van der Waals surface area contributed by atoms with Gasteiger partial charge in [0, 0.05) is 0 Å². The molecule has 2 heterocycles. The Morgan fingerprint density at radius 3 is 2.54 bits per heavy atom. The van der Waals surface area contributed by atoms with E-state index in [0.717, 1.165) is 27.8 Å². The second kappa shape index (κ2) is 7.33. The van der Waals surface area contributed by atoms with Crippen LogP contribution in [-0.4, -0.2) is 33.0 Å². The van der Waals surface area contributed by atoms with Crippen LogP contribution in [0, 0.1) is 6.92 Å². The molecule has 2 aromatic rings. The van der Waals surface area contributed by atoms with Gasteiger partial charge in [-0.2, -0.15) is 0 Å². The molecule has 3 amide bonds. The van der Waals surface area contributed by atoms with E-state index >= 15 is 0 Å². The van der Waals surface area contributed by atoms with Crippen LogP contribution in [0.1, 0.15) is 17.5 Å². The minimum atomic E-state index is -0.901. The molecule has 1 unspecified atom stereocenters. The highest BCUT2D eigenvalue weighted by Crippen LogP contribution is 2.37. The minimum Gasteiger partial charge on any atom is -0.280 e. The van der Waals surface area contributed by atoms with Gasteiger partial charge in [-0.05, 0) is 36.3 Å². The Labute approximate surface area is 172 Å². The number of nitrogens with zero attached hydrogens (tertiary/aromatic N) is 2. The molecule has 0 aromatic heterocycles. The van der Waals surface area contributed by atoms with Gasteiger partial charge in [-0.1, -0.05) is 66.4 Å². The maximum atomic E-state index is 13.0. The van der Waals surface area contributed by atoms with Crippen LogP contribution in [0.2, 0.25) is 0 Å². The van der Waals surface area contributed by atoms with Crippen molar-refractivity contribution in [2.75, 3.05) is 4.90 Å². The normalized spacial score (nSPS) is 21.3. The zero-order chi connectivity index (χ0) is 19.8. The van der Waals surface area contributed by atoms with Crippen molar-refractivity contribution >= 4 is 57.8 Å². The van der Waals surface area contributed by atoms with E-state index in [-0.39, 0.29) is 18.2 Å². The fourth-order valence-electron chi connectivity index (χ4n) is 3.31. The molecule has 0 aliphatic carbocycles. The molecule has 0 bridgehead atoms. The maximum Gasteiger partial charge on any atom is 0.266 e. The number of imide groups is 1. The number of aryl methyl sites for hydroxylation is 1. The molecular weight excluding hydrogens is 392 g/mol. The number of anilines is 1. The fourth-order valence-corrected chi connectivity index (χ4v) is 4.66. The summed E-state index contributed by atoms with van der Waals surface area (Å²) >= 11 is 6.51. The molecule has 7 heteroatoms. The van der Waals surface area contributed by atoms with Gasteiger partial charge in [-0.3, -0.25) is 19.3 Å². The van der Waals surface area contributed by atoms with E-state index < -0.39 is 11.9 Å². The molecule has 2 aliphatic rings. The molecule has 0 saturated carbocycles. The van der Waals surface area contributed by atoms with Gasteiger partial charge in [0.2, 0.25) is 5.91 Å². The Morgan fingerprint density at radius 1 is 1.07 bits per heavy atom. The topological polar surface area (TPSA) is 57.7 Å². The number of amides is 3. The molecule has 140 valence electrons. The quantitative estimate of drug-likeness (QED) is 0.442. The predicted octanol–water partition coefficient (Wildman–Crippen LogP) is 3.53. The van der Waals surface area contributed by atoms with Crippen LogP contribution in [0.5, 0.6) is 0 Å². The van der Waals surface area contributed by atoms with Gasteiger partial charge in [0.25, 0.3) is 11.8 Å². The van der Waals surface area contributed by atoms with E-state index in [2.05, 4.69) is 0 Å². The van der Waals surface area contributed by atoms with Gasteiger partial charge in [0.05, 0.1) is 17.0 Å². The van der Waals surface area contributed by atoms with Crippen LogP contribution < -0.4 is 4.90 Å². The standard InChI is InChI=1S/C21H16N2O3S2/c1-13-6-5-9-15(10-13)22-18(24)12-16(19(22)25)23-20(26)17(28-21(23)27)11-14-7-3-2-4-8-14/h2-11,16H,12H2,1H3/b17-11-. The summed E-state index contributed by atoms with van der Waals surface area (Å²) in [6, 6.07) is 15.7. The molecule has 0 spiro atoms. The van der Waals surface area contributed by atoms with Crippen molar-refractivity contribution in [1.82, 2.24) is 4.90 Å². The van der Waals surface area contributed by atoms with Gasteiger partial charge in [-0.15, -0.1) is 0 Å². The van der Waals surface area contributed by atoms with Crippen molar-refractivity contribution in [3.05, 3.63) is 70.6 Å². The fraction of sp³-hybridized carbons (Fsp3) is 0.143. The number of thioether (sulfide) groups is 1. The molecule has 4 rings (SSSR count). The molecule has 0 N–H and O–H groups in total. The molecule has 0 radical (unpaired) electrons. The zero-order valence-corrected chi connectivity index (χ0v) is 16.6. The van der Waals surface area contributed by atoms with Crippen molar-refractivity contribution in [2.45, 2.75) is 19.4 Å². The van der Waals surface area contributed by atoms with E-state index in [1.807, 2.05) is 43.3 Å². The minimum absolute atomic E-state index is 0.0716. The van der Waals surface area contributed by atoms with E-state index in [9.17, 15) is 14.4 Å². The monoisotopic (exact) mass is 408 g/mol. The number of rotatable bonds is 3. The Hall–Kier alpha value is -2.77. The Kier molecular flexibility index (Phi) is 4.87. The number of carbonyl (C=O) groups is 3. The van der Waals surface area contributed by atoms with Gasteiger partial charge in [0.15, 0.2) is 0 Å². The number of hydrogen-bond donors (Lipinski definition) is 0. The van der Waals surface area contributed by atoms with Crippen LogP contribution >= 0.6 is 24.0 Å². The average molecular weight is 409 g/mol. The smallest absolute Gasteiger partial charge is 0.266 e.